The average molecular weight is 299 g/mol. The van der Waals surface area contributed by atoms with Gasteiger partial charge < -0.3 is 5.11 Å². The van der Waals surface area contributed by atoms with Gasteiger partial charge in [-0.1, -0.05) is 0 Å². The van der Waals surface area contributed by atoms with Gasteiger partial charge in [0.1, 0.15) is 11.6 Å². The molecular weight excluding hydrogens is 285 g/mol. The first kappa shape index (κ1) is 14.2. The Labute approximate surface area is 126 Å². The lowest BCUT2D eigenvalue weighted by atomic mass is 10.0. The summed E-state index contributed by atoms with van der Waals surface area (Å²) >= 11 is 0. The van der Waals surface area contributed by atoms with Crippen molar-refractivity contribution in [1.29, 1.82) is 0 Å². The number of carbonyl (C=O) groups excluding carboxylic acids is 1. The summed E-state index contributed by atoms with van der Waals surface area (Å²) in [5.41, 5.74) is 0.865. The van der Waals surface area contributed by atoms with Gasteiger partial charge in [0, 0.05) is 23.2 Å². The van der Waals surface area contributed by atoms with Crippen LogP contribution >= 0.6 is 0 Å². The highest BCUT2D eigenvalue weighted by Gasteiger charge is 2.17. The Hall–Kier alpha value is -2.76. The second kappa shape index (κ2) is 5.22. The summed E-state index contributed by atoms with van der Waals surface area (Å²) in [6, 6.07) is 5.06. The van der Waals surface area contributed by atoms with Crippen LogP contribution in [0.3, 0.4) is 0 Å². The molecule has 0 fully saturated rings. The second-order valence-corrected chi connectivity index (χ2v) is 5.31. The van der Waals surface area contributed by atoms with Crippen LogP contribution in [0.4, 0.5) is 4.39 Å². The Balaban J connectivity index is 2.06. The molecule has 22 heavy (non-hydrogen) atoms. The van der Waals surface area contributed by atoms with Gasteiger partial charge in [-0.15, -0.1) is 0 Å². The highest BCUT2D eigenvalue weighted by atomic mass is 19.1. The monoisotopic (exact) mass is 299 g/mol. The minimum atomic E-state index is -0.581. The molecule has 2 aromatic heterocycles. The highest BCUT2D eigenvalue weighted by molar-refractivity contribution is 6.11. The largest absolute Gasteiger partial charge is 0.507 e. The highest BCUT2D eigenvalue weighted by Crippen LogP contribution is 2.23. The molecule has 1 N–H and O–H groups in total. The number of aromatic hydroxyl groups is 1. The van der Waals surface area contributed by atoms with Crippen molar-refractivity contribution < 1.29 is 14.3 Å². The maximum Gasteiger partial charge on any atom is 0.198 e. The molecule has 0 aliphatic heterocycles. The van der Waals surface area contributed by atoms with E-state index in [0.717, 1.165) is 23.6 Å². The van der Waals surface area contributed by atoms with Crippen molar-refractivity contribution in [1.82, 2.24) is 14.8 Å². The Morgan fingerprint density at radius 2 is 2.05 bits per heavy atom. The summed E-state index contributed by atoms with van der Waals surface area (Å²) < 4.78 is 15.0. The number of halogens is 1. The third-order valence-electron chi connectivity index (χ3n) is 3.39. The number of ketones is 1. The predicted molar refractivity (Wildman–Crippen MR) is 79.4 cm³/mol. The molecule has 0 bridgehead atoms. The SMILES string of the molecule is CC(C)n1ncc2cc(C(=O)c3cc(F)ccc3O)cnc21. The molecule has 0 amide bonds. The zero-order valence-corrected chi connectivity index (χ0v) is 12.1. The molecule has 0 saturated carbocycles. The van der Waals surface area contributed by atoms with E-state index in [2.05, 4.69) is 10.1 Å². The van der Waals surface area contributed by atoms with Crippen LogP contribution in [0.1, 0.15) is 35.8 Å². The lowest BCUT2D eigenvalue weighted by Gasteiger charge is -2.07. The molecule has 6 heteroatoms. The van der Waals surface area contributed by atoms with Crippen molar-refractivity contribution in [2.45, 2.75) is 19.9 Å². The number of phenolic OH excluding ortho intramolecular Hbond substituents is 1. The quantitative estimate of drug-likeness (QED) is 0.755. The van der Waals surface area contributed by atoms with Crippen LogP contribution < -0.4 is 0 Å². The zero-order chi connectivity index (χ0) is 15.9. The predicted octanol–water partition coefficient (Wildman–Crippen LogP) is 3.09. The maximum atomic E-state index is 13.3. The van der Waals surface area contributed by atoms with Crippen LogP contribution in [-0.4, -0.2) is 25.7 Å². The number of hydrogen-bond donors (Lipinski definition) is 1. The fraction of sp³-hybridized carbons (Fsp3) is 0.188. The maximum absolute atomic E-state index is 13.3. The van der Waals surface area contributed by atoms with Crippen LogP contribution in [0, 0.1) is 5.82 Å². The van der Waals surface area contributed by atoms with Gasteiger partial charge in [-0.25, -0.2) is 14.1 Å². The first-order chi connectivity index (χ1) is 10.5. The van der Waals surface area contributed by atoms with E-state index in [0.29, 0.717) is 5.65 Å². The molecule has 0 saturated heterocycles. The van der Waals surface area contributed by atoms with Gasteiger partial charge in [-0.2, -0.15) is 5.10 Å². The molecule has 0 unspecified atom stereocenters. The summed E-state index contributed by atoms with van der Waals surface area (Å²) in [4.78, 5) is 16.7. The lowest BCUT2D eigenvalue weighted by molar-refractivity contribution is 0.103. The van der Waals surface area contributed by atoms with Crippen molar-refractivity contribution in [2.24, 2.45) is 0 Å². The molecule has 0 aliphatic rings. The number of carbonyl (C=O) groups is 1. The molecule has 0 spiro atoms. The van der Waals surface area contributed by atoms with Gasteiger partial charge in [-0.3, -0.25) is 4.79 Å². The molecule has 1 aromatic carbocycles. The third-order valence-corrected chi connectivity index (χ3v) is 3.39. The molecule has 0 radical (unpaired) electrons. The smallest absolute Gasteiger partial charge is 0.198 e. The number of pyridine rings is 1. The van der Waals surface area contributed by atoms with Gasteiger partial charge in [0.2, 0.25) is 0 Å². The third kappa shape index (κ3) is 2.32. The number of fused-ring (bicyclic) bond motifs is 1. The Morgan fingerprint density at radius 3 is 2.77 bits per heavy atom. The summed E-state index contributed by atoms with van der Waals surface area (Å²) in [7, 11) is 0. The van der Waals surface area contributed by atoms with Crippen molar-refractivity contribution in [3.63, 3.8) is 0 Å². The van der Waals surface area contributed by atoms with Crippen LogP contribution in [0.25, 0.3) is 11.0 Å². The number of rotatable bonds is 3. The minimum Gasteiger partial charge on any atom is -0.507 e. The Kier molecular flexibility index (Phi) is 3.36. The number of phenols is 1. The number of benzene rings is 1. The first-order valence-corrected chi connectivity index (χ1v) is 6.84. The molecular formula is C16H14FN3O2. The van der Waals surface area contributed by atoms with Gasteiger partial charge in [0.25, 0.3) is 0 Å². The van der Waals surface area contributed by atoms with E-state index >= 15 is 0 Å². The van der Waals surface area contributed by atoms with Crippen molar-refractivity contribution >= 4 is 16.8 Å². The number of nitrogens with zero attached hydrogens (tertiary/aromatic N) is 3. The molecule has 3 aromatic rings. The summed E-state index contributed by atoms with van der Waals surface area (Å²) in [6.45, 7) is 3.97. The van der Waals surface area contributed by atoms with E-state index in [-0.39, 0.29) is 22.9 Å². The molecule has 0 aliphatic carbocycles. The van der Waals surface area contributed by atoms with E-state index in [4.69, 9.17) is 0 Å². The minimum absolute atomic E-state index is 0.0857. The van der Waals surface area contributed by atoms with Crippen LogP contribution in [0.5, 0.6) is 5.75 Å². The standard InChI is InChI=1S/C16H14FN3O2/c1-9(2)20-16-11(8-19-20)5-10(7-18-16)15(22)13-6-12(17)3-4-14(13)21/h3-9,21H,1-2H3. The number of aromatic nitrogens is 3. The van der Waals surface area contributed by atoms with Crippen LogP contribution in [0.15, 0.2) is 36.7 Å². The van der Waals surface area contributed by atoms with Gasteiger partial charge in [0.15, 0.2) is 11.4 Å². The van der Waals surface area contributed by atoms with E-state index in [9.17, 15) is 14.3 Å². The average Bonchev–Trinajstić information content (AvgIpc) is 2.92. The summed E-state index contributed by atoms with van der Waals surface area (Å²) in [5, 5.41) is 14.7. The molecule has 112 valence electrons. The topological polar surface area (TPSA) is 68.0 Å². The number of hydrogen-bond acceptors (Lipinski definition) is 4. The summed E-state index contributed by atoms with van der Waals surface area (Å²) in [5.74, 6) is -1.32. The summed E-state index contributed by atoms with van der Waals surface area (Å²) in [6.07, 6.45) is 3.04. The lowest BCUT2D eigenvalue weighted by Crippen LogP contribution is -2.05. The van der Waals surface area contributed by atoms with Crippen molar-refractivity contribution in [3.05, 3.63) is 53.6 Å². The molecule has 3 rings (SSSR count). The van der Waals surface area contributed by atoms with E-state index < -0.39 is 11.6 Å². The fourth-order valence-corrected chi connectivity index (χ4v) is 2.29. The fourth-order valence-electron chi connectivity index (χ4n) is 2.29. The van der Waals surface area contributed by atoms with E-state index in [1.807, 2.05) is 13.8 Å². The molecule has 5 nitrogen and oxygen atoms in total. The Bertz CT molecular complexity index is 871. The van der Waals surface area contributed by atoms with Gasteiger partial charge >= 0.3 is 0 Å². The van der Waals surface area contributed by atoms with E-state index in [1.54, 1.807) is 16.9 Å². The van der Waals surface area contributed by atoms with Crippen LogP contribution in [-0.2, 0) is 0 Å². The first-order valence-electron chi connectivity index (χ1n) is 6.84. The molecule has 0 atom stereocenters. The van der Waals surface area contributed by atoms with E-state index in [1.165, 1.54) is 6.20 Å². The van der Waals surface area contributed by atoms with Gasteiger partial charge in [-0.05, 0) is 38.1 Å². The normalized spacial score (nSPS) is 11.3. The van der Waals surface area contributed by atoms with Gasteiger partial charge in [0.05, 0.1) is 11.8 Å². The van der Waals surface area contributed by atoms with Crippen LogP contribution in [0.2, 0.25) is 0 Å². The van der Waals surface area contributed by atoms with Crippen molar-refractivity contribution in [3.8, 4) is 5.75 Å². The van der Waals surface area contributed by atoms with Crippen molar-refractivity contribution in [2.75, 3.05) is 0 Å². The Morgan fingerprint density at radius 1 is 1.27 bits per heavy atom. The molecule has 2 heterocycles. The second-order valence-electron chi connectivity index (χ2n) is 5.31. The zero-order valence-electron chi connectivity index (χ0n) is 12.1.